The van der Waals surface area contributed by atoms with Crippen LogP contribution >= 0.6 is 12.2 Å². The molecule has 0 saturated heterocycles. The number of allylic oxidation sites excluding steroid dienone is 1. The average Bonchev–Trinajstić information content (AvgIpc) is 3.54. The van der Waals surface area contributed by atoms with Crippen LogP contribution in [-0.4, -0.2) is 22.0 Å². The minimum atomic E-state index is -0.250. The summed E-state index contributed by atoms with van der Waals surface area (Å²) in [6, 6.07) is 23.7. The fourth-order valence-corrected chi connectivity index (χ4v) is 4.85. The van der Waals surface area contributed by atoms with Crippen LogP contribution in [0.4, 0.5) is 5.69 Å². The molecule has 0 radical (unpaired) electrons. The highest BCUT2D eigenvalue weighted by Crippen LogP contribution is 2.42. The van der Waals surface area contributed by atoms with Crippen LogP contribution in [0.3, 0.4) is 0 Å². The van der Waals surface area contributed by atoms with Crippen LogP contribution < -0.4 is 19.7 Å². The summed E-state index contributed by atoms with van der Waals surface area (Å²) < 4.78 is 16.9. The Morgan fingerprint density at radius 3 is 2.60 bits per heavy atom. The lowest BCUT2D eigenvalue weighted by molar-refractivity contribution is 0.174. The van der Waals surface area contributed by atoms with Crippen molar-refractivity contribution in [1.29, 1.82) is 0 Å². The van der Waals surface area contributed by atoms with Crippen molar-refractivity contribution in [2.45, 2.75) is 19.9 Å². The molecule has 8 heteroatoms. The number of ether oxygens (including phenoxy) is 2. The first-order valence-corrected chi connectivity index (χ1v) is 11.7. The Labute approximate surface area is 208 Å². The van der Waals surface area contributed by atoms with E-state index in [1.165, 1.54) is 0 Å². The predicted octanol–water partition coefficient (Wildman–Crippen LogP) is 5.64. The van der Waals surface area contributed by atoms with Crippen LogP contribution in [0.15, 0.2) is 83.0 Å². The molecular weight excluding hydrogens is 460 g/mol. The summed E-state index contributed by atoms with van der Waals surface area (Å²) in [5, 5.41) is 8.35. The number of anilines is 1. The summed E-state index contributed by atoms with van der Waals surface area (Å²) >= 11 is 5.83. The quantitative estimate of drug-likeness (QED) is 0.375. The topological polar surface area (TPSA) is 72.7 Å². The lowest BCUT2D eigenvalue weighted by Crippen LogP contribution is -2.46. The van der Waals surface area contributed by atoms with Gasteiger partial charge in [-0.2, -0.15) is 4.98 Å². The predicted molar refractivity (Wildman–Crippen MR) is 137 cm³/mol. The van der Waals surface area contributed by atoms with Crippen LogP contribution in [0.2, 0.25) is 0 Å². The normalized spacial score (nSPS) is 17.0. The van der Waals surface area contributed by atoms with Crippen LogP contribution in [0.1, 0.15) is 30.0 Å². The van der Waals surface area contributed by atoms with Crippen LogP contribution in [-0.2, 0) is 0 Å². The van der Waals surface area contributed by atoms with Gasteiger partial charge in [-0.1, -0.05) is 59.3 Å². The van der Waals surface area contributed by atoms with Crippen molar-refractivity contribution in [3.05, 3.63) is 95.5 Å². The molecule has 0 saturated carbocycles. The van der Waals surface area contributed by atoms with Gasteiger partial charge in [0.2, 0.25) is 12.6 Å². The van der Waals surface area contributed by atoms with E-state index < -0.39 is 0 Å². The molecule has 1 N–H and O–H groups in total. The average molecular weight is 483 g/mol. The van der Waals surface area contributed by atoms with Crippen molar-refractivity contribution in [2.24, 2.45) is 0 Å². The number of benzene rings is 3. The Morgan fingerprint density at radius 2 is 1.77 bits per heavy atom. The third-order valence-corrected chi connectivity index (χ3v) is 6.47. The molecule has 1 unspecified atom stereocenters. The van der Waals surface area contributed by atoms with E-state index in [9.17, 15) is 0 Å². The standard InChI is InChI=1S/C27H22N4O3S/c1-16-7-6-10-19(13-16)25-29-26(34-30-25)23-17(2)31(20-11-12-21-22(14-20)33-15-32-21)27(35)28-24(23)18-8-4-3-5-9-18/h3-14,24H,15H2,1-2H3,(H,28,35). The van der Waals surface area contributed by atoms with Crippen molar-refractivity contribution in [3.8, 4) is 22.9 Å². The summed E-state index contributed by atoms with van der Waals surface area (Å²) in [5.74, 6) is 2.38. The maximum Gasteiger partial charge on any atom is 0.258 e. The summed E-state index contributed by atoms with van der Waals surface area (Å²) in [5.41, 5.74) is 5.68. The van der Waals surface area contributed by atoms with Gasteiger partial charge in [0, 0.05) is 17.3 Å². The van der Waals surface area contributed by atoms with E-state index in [4.69, 9.17) is 31.2 Å². The van der Waals surface area contributed by atoms with Crippen molar-refractivity contribution < 1.29 is 14.0 Å². The van der Waals surface area contributed by atoms with E-state index in [0.29, 0.717) is 28.3 Å². The SMILES string of the molecule is CC1=C(c2nc(-c3cccc(C)c3)no2)C(c2ccccc2)NC(=S)N1c1ccc2c(c1)OCO2. The van der Waals surface area contributed by atoms with E-state index in [0.717, 1.165) is 33.6 Å². The Hall–Kier alpha value is -4.17. The highest BCUT2D eigenvalue weighted by atomic mass is 32.1. The summed E-state index contributed by atoms with van der Waals surface area (Å²) in [4.78, 5) is 6.75. The Bertz CT molecular complexity index is 1460. The molecule has 0 aliphatic carbocycles. The molecule has 1 aromatic heterocycles. The third kappa shape index (κ3) is 3.81. The van der Waals surface area contributed by atoms with Gasteiger partial charge in [-0.3, -0.25) is 4.90 Å². The van der Waals surface area contributed by atoms with E-state index in [1.54, 1.807) is 0 Å². The zero-order valence-corrected chi connectivity index (χ0v) is 20.0. The maximum atomic E-state index is 5.84. The summed E-state index contributed by atoms with van der Waals surface area (Å²) in [7, 11) is 0. The van der Waals surface area contributed by atoms with Gasteiger partial charge in [-0.25, -0.2) is 0 Å². The number of rotatable bonds is 4. The molecule has 2 aliphatic heterocycles. The van der Waals surface area contributed by atoms with Crippen molar-refractivity contribution in [3.63, 3.8) is 0 Å². The smallest absolute Gasteiger partial charge is 0.258 e. The van der Waals surface area contributed by atoms with Gasteiger partial charge in [-0.05, 0) is 49.8 Å². The molecule has 0 bridgehead atoms. The van der Waals surface area contributed by atoms with E-state index in [2.05, 4.69) is 22.6 Å². The molecule has 0 amide bonds. The van der Waals surface area contributed by atoms with Gasteiger partial charge in [0.25, 0.3) is 5.89 Å². The highest BCUT2D eigenvalue weighted by molar-refractivity contribution is 7.80. The first-order chi connectivity index (χ1) is 17.1. The number of nitrogens with zero attached hydrogens (tertiary/aromatic N) is 3. The molecule has 174 valence electrons. The third-order valence-electron chi connectivity index (χ3n) is 6.16. The van der Waals surface area contributed by atoms with Gasteiger partial charge in [-0.15, -0.1) is 0 Å². The van der Waals surface area contributed by atoms with Gasteiger partial charge in [0.05, 0.1) is 17.3 Å². The maximum absolute atomic E-state index is 5.84. The van der Waals surface area contributed by atoms with Gasteiger partial charge in [0.1, 0.15) is 0 Å². The van der Waals surface area contributed by atoms with E-state index >= 15 is 0 Å². The highest BCUT2D eigenvalue weighted by Gasteiger charge is 2.35. The number of fused-ring (bicyclic) bond motifs is 1. The van der Waals surface area contributed by atoms with Crippen molar-refractivity contribution in [1.82, 2.24) is 15.5 Å². The van der Waals surface area contributed by atoms with Crippen LogP contribution in [0.25, 0.3) is 17.0 Å². The number of aryl methyl sites for hydroxylation is 1. The fraction of sp³-hybridized carbons (Fsp3) is 0.148. The molecule has 0 spiro atoms. The second-order valence-electron chi connectivity index (χ2n) is 8.46. The number of nitrogens with one attached hydrogen (secondary N) is 1. The van der Waals surface area contributed by atoms with Crippen LogP contribution in [0, 0.1) is 6.92 Å². The molecular formula is C27H22N4O3S. The molecule has 0 fully saturated rings. The zero-order valence-electron chi connectivity index (χ0n) is 19.2. The zero-order chi connectivity index (χ0) is 23.9. The first-order valence-electron chi connectivity index (χ1n) is 11.3. The largest absolute Gasteiger partial charge is 0.454 e. The molecule has 4 aromatic rings. The fourth-order valence-electron chi connectivity index (χ4n) is 4.49. The second kappa shape index (κ2) is 8.56. The lowest BCUT2D eigenvalue weighted by atomic mass is 9.94. The molecule has 1 atom stereocenters. The molecule has 6 rings (SSSR count). The minimum Gasteiger partial charge on any atom is -0.454 e. The minimum absolute atomic E-state index is 0.210. The Morgan fingerprint density at radius 1 is 0.943 bits per heavy atom. The van der Waals surface area contributed by atoms with Crippen LogP contribution in [0.5, 0.6) is 11.5 Å². The molecule has 7 nitrogen and oxygen atoms in total. The lowest BCUT2D eigenvalue weighted by Gasteiger charge is -2.37. The number of aromatic nitrogens is 2. The molecule has 2 aliphatic rings. The monoisotopic (exact) mass is 482 g/mol. The summed E-state index contributed by atoms with van der Waals surface area (Å²) in [6.45, 7) is 4.26. The van der Waals surface area contributed by atoms with E-state index in [1.807, 2.05) is 79.4 Å². The second-order valence-corrected chi connectivity index (χ2v) is 8.84. The van der Waals surface area contributed by atoms with Crippen molar-refractivity contribution >= 4 is 28.6 Å². The van der Waals surface area contributed by atoms with Gasteiger partial charge < -0.3 is 19.3 Å². The Balaban J connectivity index is 1.49. The van der Waals surface area contributed by atoms with Crippen molar-refractivity contribution in [2.75, 3.05) is 11.7 Å². The number of thiocarbonyl (C=S) groups is 1. The van der Waals surface area contributed by atoms with Gasteiger partial charge >= 0.3 is 0 Å². The number of hydrogen-bond donors (Lipinski definition) is 1. The molecule has 3 heterocycles. The summed E-state index contributed by atoms with van der Waals surface area (Å²) in [6.07, 6.45) is 0. The molecule has 35 heavy (non-hydrogen) atoms. The Kier molecular flexibility index (Phi) is 5.22. The first kappa shape index (κ1) is 21.4. The van der Waals surface area contributed by atoms with Gasteiger partial charge in [0.15, 0.2) is 16.6 Å². The molecule has 3 aromatic carbocycles. The number of hydrogen-bond acceptors (Lipinski definition) is 6. The van der Waals surface area contributed by atoms with E-state index in [-0.39, 0.29) is 12.8 Å².